The fourth-order valence-electron chi connectivity index (χ4n) is 3.56. The number of nitrogens with one attached hydrogen (secondary N) is 1. The first-order chi connectivity index (χ1) is 14.7. The summed E-state index contributed by atoms with van der Waals surface area (Å²) in [4.78, 5) is 17.1. The minimum absolute atomic E-state index is 0.0749. The smallest absolute Gasteiger partial charge is 0.220 e. The quantitative estimate of drug-likeness (QED) is 0.435. The summed E-state index contributed by atoms with van der Waals surface area (Å²) in [6.07, 6.45) is 5.09. The molecule has 0 saturated carbocycles. The molecule has 158 valence electrons. The largest absolute Gasteiger partial charge is 0.493 e. The normalized spacial score (nSPS) is 10.9. The lowest BCUT2D eigenvalue weighted by Crippen LogP contribution is -2.25. The molecule has 3 aromatic rings. The van der Waals surface area contributed by atoms with Gasteiger partial charge < -0.3 is 10.1 Å². The van der Waals surface area contributed by atoms with Gasteiger partial charge in [0.05, 0.1) is 12.1 Å². The number of rotatable bonds is 11. The molecule has 30 heavy (non-hydrogen) atoms. The van der Waals surface area contributed by atoms with Gasteiger partial charge in [-0.25, -0.2) is 0 Å². The minimum Gasteiger partial charge on any atom is -0.493 e. The molecule has 1 aromatic heterocycles. The molecule has 3 rings (SSSR count). The first kappa shape index (κ1) is 21.8. The number of benzene rings is 2. The van der Waals surface area contributed by atoms with Gasteiger partial charge in [0, 0.05) is 29.6 Å². The molecular weight excluding hydrogens is 372 g/mol. The van der Waals surface area contributed by atoms with Gasteiger partial charge in [-0.1, -0.05) is 55.8 Å². The lowest BCUT2D eigenvalue weighted by Gasteiger charge is -2.15. The van der Waals surface area contributed by atoms with Crippen LogP contribution in [0.25, 0.3) is 10.9 Å². The van der Waals surface area contributed by atoms with E-state index in [-0.39, 0.29) is 5.91 Å². The van der Waals surface area contributed by atoms with Crippen LogP contribution < -0.4 is 10.1 Å². The second-order valence-corrected chi connectivity index (χ2v) is 7.67. The Hall–Kier alpha value is -2.88. The summed E-state index contributed by atoms with van der Waals surface area (Å²) in [7, 11) is 0. The molecule has 0 spiro atoms. The number of fused-ring (bicyclic) bond motifs is 1. The minimum atomic E-state index is 0.0749. The maximum Gasteiger partial charge on any atom is 0.220 e. The average molecular weight is 405 g/mol. The van der Waals surface area contributed by atoms with E-state index < -0.39 is 0 Å². The molecule has 1 amide bonds. The average Bonchev–Trinajstić information content (AvgIpc) is 2.78. The molecule has 0 unspecified atom stereocenters. The standard InChI is InChI=1S/C26H32N2O2/c1-3-4-19-30-26-20(2)23(28-24-15-9-8-14-22(24)26)16-17-25(29)27-18-10-13-21-11-6-5-7-12-21/h5-9,11-12,14-15H,3-4,10,13,16-19H2,1-2H3,(H,27,29). The van der Waals surface area contributed by atoms with Gasteiger partial charge >= 0.3 is 0 Å². The van der Waals surface area contributed by atoms with Crippen molar-refractivity contribution in [2.75, 3.05) is 13.2 Å². The summed E-state index contributed by atoms with van der Waals surface area (Å²) >= 11 is 0. The highest BCUT2D eigenvalue weighted by atomic mass is 16.5. The zero-order chi connectivity index (χ0) is 21.2. The molecule has 0 radical (unpaired) electrons. The Morgan fingerprint density at radius 3 is 2.57 bits per heavy atom. The highest BCUT2D eigenvalue weighted by molar-refractivity contribution is 5.87. The van der Waals surface area contributed by atoms with Crippen molar-refractivity contribution in [3.05, 3.63) is 71.4 Å². The Bertz CT molecular complexity index is 954. The van der Waals surface area contributed by atoms with Crippen molar-refractivity contribution in [2.24, 2.45) is 0 Å². The Morgan fingerprint density at radius 2 is 1.77 bits per heavy atom. The molecule has 4 heteroatoms. The topological polar surface area (TPSA) is 51.2 Å². The number of amides is 1. The van der Waals surface area contributed by atoms with E-state index in [9.17, 15) is 4.79 Å². The molecule has 0 atom stereocenters. The maximum atomic E-state index is 12.3. The zero-order valence-electron chi connectivity index (χ0n) is 18.1. The first-order valence-corrected chi connectivity index (χ1v) is 11.0. The molecule has 0 bridgehead atoms. The van der Waals surface area contributed by atoms with E-state index >= 15 is 0 Å². The molecule has 2 aromatic carbocycles. The van der Waals surface area contributed by atoms with Crippen LogP contribution in [0.5, 0.6) is 5.75 Å². The SMILES string of the molecule is CCCCOc1c(C)c(CCC(=O)NCCCc2ccccc2)nc2ccccc12. The molecule has 0 saturated heterocycles. The number of carbonyl (C=O) groups is 1. The maximum absolute atomic E-state index is 12.3. The van der Waals surface area contributed by atoms with Gasteiger partial charge in [-0.05, 0) is 50.3 Å². The molecule has 1 heterocycles. The van der Waals surface area contributed by atoms with Gasteiger partial charge in [0.25, 0.3) is 0 Å². The van der Waals surface area contributed by atoms with Gasteiger partial charge in [-0.2, -0.15) is 0 Å². The highest BCUT2D eigenvalue weighted by Crippen LogP contribution is 2.31. The number of aryl methyl sites for hydroxylation is 2. The number of carbonyl (C=O) groups excluding carboxylic acids is 1. The van der Waals surface area contributed by atoms with E-state index in [0.29, 0.717) is 26.0 Å². The number of ether oxygens (including phenoxy) is 1. The summed E-state index contributed by atoms with van der Waals surface area (Å²) < 4.78 is 6.12. The van der Waals surface area contributed by atoms with Crippen LogP contribution >= 0.6 is 0 Å². The molecule has 0 aliphatic rings. The number of para-hydroxylation sites is 1. The Morgan fingerprint density at radius 1 is 1.00 bits per heavy atom. The number of hydrogen-bond donors (Lipinski definition) is 1. The zero-order valence-corrected chi connectivity index (χ0v) is 18.1. The van der Waals surface area contributed by atoms with E-state index in [1.807, 2.05) is 43.3 Å². The molecule has 0 aliphatic carbocycles. The van der Waals surface area contributed by atoms with Crippen LogP contribution in [0.15, 0.2) is 54.6 Å². The summed E-state index contributed by atoms with van der Waals surface area (Å²) in [5.74, 6) is 0.984. The summed E-state index contributed by atoms with van der Waals surface area (Å²) in [6.45, 7) is 5.61. The van der Waals surface area contributed by atoms with E-state index in [1.54, 1.807) is 0 Å². The monoisotopic (exact) mass is 404 g/mol. The summed E-state index contributed by atoms with van der Waals surface area (Å²) in [5, 5.41) is 4.08. The van der Waals surface area contributed by atoms with Crippen molar-refractivity contribution >= 4 is 16.8 Å². The Balaban J connectivity index is 1.56. The number of hydrogen-bond acceptors (Lipinski definition) is 3. The molecule has 4 nitrogen and oxygen atoms in total. The van der Waals surface area contributed by atoms with Crippen LogP contribution in [-0.2, 0) is 17.6 Å². The predicted octanol–water partition coefficient (Wildman–Crippen LogP) is 5.40. The first-order valence-electron chi connectivity index (χ1n) is 11.0. The predicted molar refractivity (Wildman–Crippen MR) is 123 cm³/mol. The van der Waals surface area contributed by atoms with Crippen LogP contribution in [0, 0.1) is 6.92 Å². The highest BCUT2D eigenvalue weighted by Gasteiger charge is 2.14. The van der Waals surface area contributed by atoms with Crippen LogP contribution in [0.4, 0.5) is 0 Å². The van der Waals surface area contributed by atoms with Gasteiger partial charge in [0.2, 0.25) is 5.91 Å². The van der Waals surface area contributed by atoms with Crippen LogP contribution in [0.1, 0.15) is 49.4 Å². The fraction of sp³-hybridized carbons (Fsp3) is 0.385. The van der Waals surface area contributed by atoms with Crippen molar-refractivity contribution in [1.29, 1.82) is 0 Å². The van der Waals surface area contributed by atoms with Crippen molar-refractivity contribution in [3.63, 3.8) is 0 Å². The molecule has 0 aliphatic heterocycles. The van der Waals surface area contributed by atoms with Gasteiger partial charge in [-0.3, -0.25) is 9.78 Å². The molecule has 0 fully saturated rings. The van der Waals surface area contributed by atoms with Crippen molar-refractivity contribution in [3.8, 4) is 5.75 Å². The third-order valence-electron chi connectivity index (χ3n) is 5.32. The van der Waals surface area contributed by atoms with Crippen LogP contribution in [-0.4, -0.2) is 24.0 Å². The number of nitrogens with zero attached hydrogens (tertiary/aromatic N) is 1. The Labute approximate surface area is 179 Å². The van der Waals surface area contributed by atoms with E-state index in [1.165, 1.54) is 5.56 Å². The number of pyridine rings is 1. The van der Waals surface area contributed by atoms with Gasteiger partial charge in [0.15, 0.2) is 0 Å². The summed E-state index contributed by atoms with van der Waals surface area (Å²) in [6, 6.07) is 18.4. The van der Waals surface area contributed by atoms with Crippen LogP contribution in [0.2, 0.25) is 0 Å². The van der Waals surface area contributed by atoms with Gasteiger partial charge in [-0.15, -0.1) is 0 Å². The molecular formula is C26H32N2O2. The third kappa shape index (κ3) is 6.06. The van der Waals surface area contributed by atoms with Crippen molar-refractivity contribution < 1.29 is 9.53 Å². The lowest BCUT2D eigenvalue weighted by atomic mass is 10.0. The van der Waals surface area contributed by atoms with E-state index in [0.717, 1.165) is 53.6 Å². The fourth-order valence-corrected chi connectivity index (χ4v) is 3.56. The summed E-state index contributed by atoms with van der Waals surface area (Å²) in [5.41, 5.74) is 4.22. The number of aromatic nitrogens is 1. The van der Waals surface area contributed by atoms with Crippen molar-refractivity contribution in [2.45, 2.75) is 52.4 Å². The third-order valence-corrected chi connectivity index (χ3v) is 5.32. The second-order valence-electron chi connectivity index (χ2n) is 7.67. The Kier molecular flexibility index (Phi) is 8.25. The number of unbranched alkanes of at least 4 members (excludes halogenated alkanes) is 1. The second kappa shape index (κ2) is 11.3. The lowest BCUT2D eigenvalue weighted by molar-refractivity contribution is -0.121. The van der Waals surface area contributed by atoms with E-state index in [4.69, 9.17) is 9.72 Å². The van der Waals surface area contributed by atoms with E-state index in [2.05, 4.69) is 30.4 Å². The van der Waals surface area contributed by atoms with Crippen molar-refractivity contribution in [1.82, 2.24) is 10.3 Å². The van der Waals surface area contributed by atoms with Gasteiger partial charge in [0.1, 0.15) is 5.75 Å². The van der Waals surface area contributed by atoms with Crippen LogP contribution in [0.3, 0.4) is 0 Å². The molecule has 1 N–H and O–H groups in total.